The molecule has 1 N–H and O–H groups in total. The van der Waals surface area contributed by atoms with Crippen molar-refractivity contribution in [1.82, 2.24) is 0 Å². The SMILES string of the molecule is C[C@@H](O)c1cc(F)ccc1N(CC1CC1)C1CC1. The van der Waals surface area contributed by atoms with Crippen molar-refractivity contribution in [1.29, 1.82) is 0 Å². The van der Waals surface area contributed by atoms with Crippen LogP contribution in [0.4, 0.5) is 10.1 Å². The van der Waals surface area contributed by atoms with Crippen LogP contribution in [-0.4, -0.2) is 17.7 Å². The fraction of sp³-hybridized carbons (Fsp3) is 0.600. The number of nitrogens with zero attached hydrogens (tertiary/aromatic N) is 1. The summed E-state index contributed by atoms with van der Waals surface area (Å²) in [5.74, 6) is 0.536. The standard InChI is InChI=1S/C15H20FNO/c1-10(18)14-8-12(16)4-7-15(14)17(13-5-6-13)9-11-2-3-11/h4,7-8,10-11,13,18H,2-3,5-6,9H2,1H3/t10-/m1/s1. The Labute approximate surface area is 107 Å². The van der Waals surface area contributed by atoms with Crippen molar-refractivity contribution >= 4 is 5.69 Å². The number of hydrogen-bond acceptors (Lipinski definition) is 2. The number of aliphatic hydroxyl groups is 1. The van der Waals surface area contributed by atoms with Gasteiger partial charge in [0.15, 0.2) is 0 Å². The lowest BCUT2D eigenvalue weighted by molar-refractivity contribution is 0.199. The third kappa shape index (κ3) is 2.51. The molecule has 0 saturated heterocycles. The average Bonchev–Trinajstić information content (AvgIpc) is 3.19. The van der Waals surface area contributed by atoms with Crippen LogP contribution in [0.1, 0.15) is 44.3 Å². The molecule has 2 nitrogen and oxygen atoms in total. The first-order valence-corrected chi connectivity index (χ1v) is 6.89. The van der Waals surface area contributed by atoms with E-state index >= 15 is 0 Å². The molecule has 0 aromatic heterocycles. The lowest BCUT2D eigenvalue weighted by Crippen LogP contribution is -2.29. The third-order valence-electron chi connectivity index (χ3n) is 3.89. The van der Waals surface area contributed by atoms with Crippen LogP contribution in [0.3, 0.4) is 0 Å². The summed E-state index contributed by atoms with van der Waals surface area (Å²) in [4.78, 5) is 2.39. The Hall–Kier alpha value is -1.09. The summed E-state index contributed by atoms with van der Waals surface area (Å²) in [7, 11) is 0. The van der Waals surface area contributed by atoms with Gasteiger partial charge in [-0.15, -0.1) is 0 Å². The lowest BCUT2D eigenvalue weighted by atomic mass is 10.1. The highest BCUT2D eigenvalue weighted by molar-refractivity contribution is 5.56. The molecule has 3 rings (SSSR count). The van der Waals surface area contributed by atoms with Crippen LogP contribution in [0, 0.1) is 11.7 Å². The van der Waals surface area contributed by atoms with Crippen LogP contribution in [0.15, 0.2) is 18.2 Å². The summed E-state index contributed by atoms with van der Waals surface area (Å²) in [6, 6.07) is 5.41. The molecule has 0 aliphatic heterocycles. The van der Waals surface area contributed by atoms with Crippen LogP contribution < -0.4 is 4.90 Å². The van der Waals surface area contributed by atoms with E-state index in [0.717, 1.165) is 23.7 Å². The minimum Gasteiger partial charge on any atom is -0.389 e. The number of halogens is 1. The number of benzene rings is 1. The van der Waals surface area contributed by atoms with Crippen LogP contribution in [0.2, 0.25) is 0 Å². The zero-order valence-corrected chi connectivity index (χ0v) is 10.8. The van der Waals surface area contributed by atoms with Crippen molar-refractivity contribution < 1.29 is 9.50 Å². The van der Waals surface area contributed by atoms with E-state index < -0.39 is 6.10 Å². The fourth-order valence-corrected chi connectivity index (χ4v) is 2.53. The fourth-order valence-electron chi connectivity index (χ4n) is 2.53. The summed E-state index contributed by atoms with van der Waals surface area (Å²) < 4.78 is 13.3. The van der Waals surface area contributed by atoms with Crippen molar-refractivity contribution in [2.24, 2.45) is 5.92 Å². The monoisotopic (exact) mass is 249 g/mol. The van der Waals surface area contributed by atoms with Crippen molar-refractivity contribution in [3.63, 3.8) is 0 Å². The highest BCUT2D eigenvalue weighted by atomic mass is 19.1. The van der Waals surface area contributed by atoms with Gasteiger partial charge in [-0.3, -0.25) is 0 Å². The highest BCUT2D eigenvalue weighted by Crippen LogP contribution is 2.40. The maximum atomic E-state index is 13.3. The summed E-state index contributed by atoms with van der Waals surface area (Å²) in [5.41, 5.74) is 1.75. The van der Waals surface area contributed by atoms with Crippen molar-refractivity contribution in [3.05, 3.63) is 29.6 Å². The second-order valence-electron chi connectivity index (χ2n) is 5.71. The van der Waals surface area contributed by atoms with E-state index in [-0.39, 0.29) is 5.82 Å². The molecule has 0 bridgehead atoms. The molecular weight excluding hydrogens is 229 g/mol. The summed E-state index contributed by atoms with van der Waals surface area (Å²) in [6.45, 7) is 2.77. The predicted octanol–water partition coefficient (Wildman–Crippen LogP) is 3.26. The molecule has 0 spiro atoms. The minimum atomic E-state index is -0.615. The van der Waals surface area contributed by atoms with Gasteiger partial charge in [-0.05, 0) is 56.7 Å². The molecule has 18 heavy (non-hydrogen) atoms. The van der Waals surface area contributed by atoms with E-state index in [2.05, 4.69) is 4.90 Å². The van der Waals surface area contributed by atoms with Crippen molar-refractivity contribution in [3.8, 4) is 0 Å². The maximum absolute atomic E-state index is 13.3. The van der Waals surface area contributed by atoms with Crippen molar-refractivity contribution in [2.75, 3.05) is 11.4 Å². The Morgan fingerprint density at radius 2 is 2.06 bits per heavy atom. The van der Waals surface area contributed by atoms with Gasteiger partial charge in [-0.25, -0.2) is 4.39 Å². The smallest absolute Gasteiger partial charge is 0.123 e. The molecule has 0 heterocycles. The van der Waals surface area contributed by atoms with Gasteiger partial charge in [0.2, 0.25) is 0 Å². The first kappa shape index (κ1) is 12.0. The molecule has 2 aliphatic rings. The van der Waals surface area contributed by atoms with E-state index in [4.69, 9.17) is 0 Å². The van der Waals surface area contributed by atoms with E-state index in [1.165, 1.54) is 37.8 Å². The zero-order chi connectivity index (χ0) is 12.7. The molecule has 0 amide bonds. The van der Waals surface area contributed by atoms with Gasteiger partial charge in [0, 0.05) is 23.8 Å². The van der Waals surface area contributed by atoms with Gasteiger partial charge in [-0.2, -0.15) is 0 Å². The normalized spacial score (nSPS) is 20.8. The second kappa shape index (κ2) is 4.54. The van der Waals surface area contributed by atoms with Gasteiger partial charge in [0.25, 0.3) is 0 Å². The minimum absolute atomic E-state index is 0.267. The van der Waals surface area contributed by atoms with E-state index in [0.29, 0.717) is 6.04 Å². The molecule has 3 heteroatoms. The third-order valence-corrected chi connectivity index (χ3v) is 3.89. The molecular formula is C15H20FNO. The van der Waals surface area contributed by atoms with Crippen LogP contribution in [0.5, 0.6) is 0 Å². The first-order valence-electron chi connectivity index (χ1n) is 6.89. The number of aliphatic hydroxyl groups excluding tert-OH is 1. The largest absolute Gasteiger partial charge is 0.389 e. The molecule has 2 saturated carbocycles. The van der Waals surface area contributed by atoms with Crippen LogP contribution in [0.25, 0.3) is 0 Å². The molecule has 0 radical (unpaired) electrons. The molecule has 98 valence electrons. The molecule has 1 atom stereocenters. The van der Waals surface area contributed by atoms with Gasteiger partial charge in [-0.1, -0.05) is 0 Å². The Balaban J connectivity index is 1.91. The average molecular weight is 249 g/mol. The molecule has 0 unspecified atom stereocenters. The first-order chi connectivity index (χ1) is 8.65. The van der Waals surface area contributed by atoms with Gasteiger partial charge in [0.05, 0.1) is 6.10 Å². The van der Waals surface area contributed by atoms with Crippen LogP contribution >= 0.6 is 0 Å². The summed E-state index contributed by atoms with van der Waals surface area (Å²) in [5, 5.41) is 9.84. The highest BCUT2D eigenvalue weighted by Gasteiger charge is 2.35. The van der Waals surface area contributed by atoms with Gasteiger partial charge in [0.1, 0.15) is 5.82 Å². The number of anilines is 1. The molecule has 1 aromatic rings. The lowest BCUT2D eigenvalue weighted by Gasteiger charge is -2.28. The number of rotatable bonds is 5. The Bertz CT molecular complexity index is 438. The summed E-state index contributed by atoms with van der Waals surface area (Å²) >= 11 is 0. The van der Waals surface area contributed by atoms with E-state index in [9.17, 15) is 9.50 Å². The van der Waals surface area contributed by atoms with E-state index in [1.807, 2.05) is 6.07 Å². The number of hydrogen-bond donors (Lipinski definition) is 1. The Morgan fingerprint density at radius 1 is 1.33 bits per heavy atom. The topological polar surface area (TPSA) is 23.5 Å². The summed E-state index contributed by atoms with van der Waals surface area (Å²) in [6.07, 6.45) is 4.46. The van der Waals surface area contributed by atoms with Crippen molar-refractivity contribution in [2.45, 2.75) is 44.8 Å². The molecule has 2 aliphatic carbocycles. The van der Waals surface area contributed by atoms with Gasteiger partial charge >= 0.3 is 0 Å². The molecule has 2 fully saturated rings. The Morgan fingerprint density at radius 3 is 2.61 bits per heavy atom. The van der Waals surface area contributed by atoms with E-state index in [1.54, 1.807) is 6.92 Å². The maximum Gasteiger partial charge on any atom is 0.123 e. The zero-order valence-electron chi connectivity index (χ0n) is 10.8. The quantitative estimate of drug-likeness (QED) is 0.865. The second-order valence-corrected chi connectivity index (χ2v) is 5.71. The molecule has 1 aromatic carbocycles. The predicted molar refractivity (Wildman–Crippen MR) is 70.1 cm³/mol. The van der Waals surface area contributed by atoms with Crippen LogP contribution in [-0.2, 0) is 0 Å². The van der Waals surface area contributed by atoms with Gasteiger partial charge < -0.3 is 10.0 Å². The Kier molecular flexibility index (Phi) is 3.02.